The van der Waals surface area contributed by atoms with Gasteiger partial charge in [0.05, 0.1) is 0 Å². The molecule has 0 unspecified atom stereocenters. The van der Waals surface area contributed by atoms with E-state index in [2.05, 4.69) is 5.32 Å². The molecule has 0 radical (unpaired) electrons. The zero-order valence-electron chi connectivity index (χ0n) is 9.34. The Morgan fingerprint density at radius 1 is 1.35 bits per heavy atom. The first-order valence-electron chi connectivity index (χ1n) is 5.08. The first-order chi connectivity index (χ1) is 7.90. The van der Waals surface area contributed by atoms with Crippen LogP contribution in [-0.2, 0) is 14.3 Å². The van der Waals surface area contributed by atoms with Crippen LogP contribution >= 0.6 is 0 Å². The molecule has 2 aliphatic rings. The Balaban J connectivity index is 2.23. The molecule has 0 bridgehead atoms. The number of aliphatic hydroxyl groups excluding tert-OH is 2. The minimum absolute atomic E-state index is 0.615. The Hall–Kier alpha value is -1.22. The normalized spacial score (nSPS) is 45.9. The largest absolute Gasteiger partial charge is 0.387 e. The fourth-order valence-corrected chi connectivity index (χ4v) is 2.08. The standard InChI is InChI=1S/C9H14N2O6/c1-9(7(14)10-8(15)11-9)5-3(12)4(13)6(16-2)17-5/h3-6,12-13H,1-2H3,(H2,10,11,14,15)/t3-,4+,5+,6+,9+/m1/s1. The van der Waals surface area contributed by atoms with E-state index in [0.717, 1.165) is 0 Å². The van der Waals surface area contributed by atoms with E-state index in [1.165, 1.54) is 14.0 Å². The summed E-state index contributed by atoms with van der Waals surface area (Å²) < 4.78 is 10.1. The number of aliphatic hydroxyl groups is 2. The van der Waals surface area contributed by atoms with Crippen molar-refractivity contribution in [2.45, 2.75) is 37.1 Å². The third-order valence-corrected chi connectivity index (χ3v) is 3.09. The highest BCUT2D eigenvalue weighted by Gasteiger charge is 2.58. The summed E-state index contributed by atoms with van der Waals surface area (Å²) in [5, 5.41) is 23.8. The molecule has 2 rings (SSSR count). The van der Waals surface area contributed by atoms with E-state index in [9.17, 15) is 19.8 Å². The van der Waals surface area contributed by atoms with E-state index < -0.39 is 42.1 Å². The van der Waals surface area contributed by atoms with Gasteiger partial charge in [-0.2, -0.15) is 0 Å². The number of carbonyl (C=O) groups is 2. The van der Waals surface area contributed by atoms with Crippen molar-refractivity contribution in [3.8, 4) is 0 Å². The lowest BCUT2D eigenvalue weighted by Crippen LogP contribution is -2.58. The van der Waals surface area contributed by atoms with Crippen LogP contribution in [0, 0.1) is 0 Å². The van der Waals surface area contributed by atoms with E-state index in [1.54, 1.807) is 0 Å². The number of ether oxygens (including phenoxy) is 2. The molecule has 0 aliphatic carbocycles. The van der Waals surface area contributed by atoms with Crippen LogP contribution in [0.15, 0.2) is 0 Å². The molecule has 2 saturated heterocycles. The predicted octanol–water partition coefficient (Wildman–Crippen LogP) is -2.32. The minimum Gasteiger partial charge on any atom is -0.387 e. The van der Waals surface area contributed by atoms with Crippen molar-refractivity contribution in [1.29, 1.82) is 0 Å². The van der Waals surface area contributed by atoms with Crippen molar-refractivity contribution < 1.29 is 29.3 Å². The molecule has 8 nitrogen and oxygen atoms in total. The molecule has 0 aromatic heterocycles. The van der Waals surface area contributed by atoms with Gasteiger partial charge in [0.2, 0.25) is 0 Å². The van der Waals surface area contributed by atoms with Gasteiger partial charge in [-0.25, -0.2) is 4.79 Å². The number of carbonyl (C=O) groups excluding carboxylic acids is 2. The molecule has 0 saturated carbocycles. The number of rotatable bonds is 2. The maximum atomic E-state index is 11.6. The Morgan fingerprint density at radius 2 is 2.00 bits per heavy atom. The number of hydrogen-bond acceptors (Lipinski definition) is 6. The van der Waals surface area contributed by atoms with Crippen molar-refractivity contribution in [3.05, 3.63) is 0 Å². The Morgan fingerprint density at radius 3 is 2.41 bits per heavy atom. The summed E-state index contributed by atoms with van der Waals surface area (Å²) in [5.74, 6) is -0.615. The van der Waals surface area contributed by atoms with Crippen LogP contribution in [-0.4, -0.2) is 59.4 Å². The zero-order chi connectivity index (χ0) is 12.8. The van der Waals surface area contributed by atoms with E-state index in [0.29, 0.717) is 0 Å². The molecule has 17 heavy (non-hydrogen) atoms. The monoisotopic (exact) mass is 246 g/mol. The number of methoxy groups -OCH3 is 1. The average molecular weight is 246 g/mol. The van der Waals surface area contributed by atoms with Gasteiger partial charge in [-0.05, 0) is 6.92 Å². The molecule has 0 spiro atoms. The lowest BCUT2D eigenvalue weighted by molar-refractivity contribution is -0.162. The summed E-state index contributed by atoms with van der Waals surface area (Å²) in [6.07, 6.45) is -4.70. The second-order valence-corrected chi connectivity index (χ2v) is 4.25. The van der Waals surface area contributed by atoms with Crippen LogP contribution in [0.25, 0.3) is 0 Å². The van der Waals surface area contributed by atoms with Crippen LogP contribution < -0.4 is 10.6 Å². The first-order valence-corrected chi connectivity index (χ1v) is 5.08. The molecular weight excluding hydrogens is 232 g/mol. The highest BCUT2D eigenvalue weighted by molar-refractivity contribution is 6.07. The highest BCUT2D eigenvalue weighted by Crippen LogP contribution is 2.31. The number of imide groups is 1. The van der Waals surface area contributed by atoms with Gasteiger partial charge in [-0.1, -0.05) is 0 Å². The second-order valence-electron chi connectivity index (χ2n) is 4.25. The van der Waals surface area contributed by atoms with E-state index in [-0.39, 0.29) is 0 Å². The molecule has 5 atom stereocenters. The summed E-state index contributed by atoms with van der Waals surface area (Å²) in [6, 6.07) is -0.663. The third-order valence-electron chi connectivity index (χ3n) is 3.09. The number of hydrogen-bond donors (Lipinski definition) is 4. The van der Waals surface area contributed by atoms with Gasteiger partial charge in [0.15, 0.2) is 6.29 Å². The van der Waals surface area contributed by atoms with Crippen LogP contribution in [0.1, 0.15) is 6.92 Å². The smallest absolute Gasteiger partial charge is 0.322 e. The van der Waals surface area contributed by atoms with Crippen LogP contribution in [0.4, 0.5) is 4.79 Å². The molecule has 4 N–H and O–H groups in total. The van der Waals surface area contributed by atoms with Crippen molar-refractivity contribution in [2.75, 3.05) is 7.11 Å². The summed E-state index contributed by atoms with van der Waals surface area (Å²) in [5.41, 5.74) is -1.43. The zero-order valence-corrected chi connectivity index (χ0v) is 9.34. The summed E-state index contributed by atoms with van der Waals surface area (Å²) in [4.78, 5) is 22.7. The van der Waals surface area contributed by atoms with E-state index in [1.807, 2.05) is 5.32 Å². The fraction of sp³-hybridized carbons (Fsp3) is 0.778. The summed E-state index contributed by atoms with van der Waals surface area (Å²) >= 11 is 0. The SMILES string of the molecule is CO[C@H]1O[C@H]([C@]2(C)NC(=O)NC2=O)[C@H](O)[C@@H]1O. The fourth-order valence-electron chi connectivity index (χ4n) is 2.08. The van der Waals surface area contributed by atoms with Gasteiger partial charge in [-0.15, -0.1) is 0 Å². The lowest BCUT2D eigenvalue weighted by atomic mass is 9.90. The minimum atomic E-state index is -1.43. The van der Waals surface area contributed by atoms with Gasteiger partial charge in [0.1, 0.15) is 23.9 Å². The third kappa shape index (κ3) is 1.69. The average Bonchev–Trinajstić information content (AvgIpc) is 2.68. The molecular formula is C9H14N2O6. The predicted molar refractivity (Wildman–Crippen MR) is 52.8 cm³/mol. The second kappa shape index (κ2) is 3.91. The van der Waals surface area contributed by atoms with Gasteiger partial charge >= 0.3 is 6.03 Å². The number of urea groups is 1. The van der Waals surface area contributed by atoms with Crippen LogP contribution in [0.3, 0.4) is 0 Å². The molecule has 8 heteroatoms. The molecule has 0 aromatic rings. The first kappa shape index (κ1) is 12.2. The van der Waals surface area contributed by atoms with E-state index in [4.69, 9.17) is 9.47 Å². The topological polar surface area (TPSA) is 117 Å². The molecule has 2 heterocycles. The molecule has 3 amide bonds. The van der Waals surface area contributed by atoms with Gasteiger partial charge < -0.3 is 25.0 Å². The maximum Gasteiger partial charge on any atom is 0.322 e. The quantitative estimate of drug-likeness (QED) is 0.406. The van der Waals surface area contributed by atoms with Gasteiger partial charge in [0.25, 0.3) is 5.91 Å². The van der Waals surface area contributed by atoms with Crippen molar-refractivity contribution >= 4 is 11.9 Å². The van der Waals surface area contributed by atoms with Gasteiger partial charge in [0, 0.05) is 7.11 Å². The van der Waals surface area contributed by atoms with E-state index >= 15 is 0 Å². The molecule has 96 valence electrons. The van der Waals surface area contributed by atoms with Crippen LogP contribution in [0.5, 0.6) is 0 Å². The summed E-state index contributed by atoms with van der Waals surface area (Å²) in [6.45, 7) is 1.41. The summed E-state index contributed by atoms with van der Waals surface area (Å²) in [7, 11) is 1.30. The Bertz CT molecular complexity index is 361. The van der Waals surface area contributed by atoms with Crippen molar-refractivity contribution in [1.82, 2.24) is 10.6 Å². The lowest BCUT2D eigenvalue weighted by Gasteiger charge is -2.29. The van der Waals surface area contributed by atoms with Crippen molar-refractivity contribution in [2.24, 2.45) is 0 Å². The molecule has 2 fully saturated rings. The van der Waals surface area contributed by atoms with Crippen LogP contribution in [0.2, 0.25) is 0 Å². The number of nitrogens with one attached hydrogen (secondary N) is 2. The molecule has 2 aliphatic heterocycles. The molecule has 0 aromatic carbocycles. The van der Waals surface area contributed by atoms with Crippen molar-refractivity contribution in [3.63, 3.8) is 0 Å². The maximum absolute atomic E-state index is 11.6. The van der Waals surface area contributed by atoms with Gasteiger partial charge in [-0.3, -0.25) is 10.1 Å². The highest BCUT2D eigenvalue weighted by atomic mass is 16.7. The number of amides is 3. The Labute approximate surface area is 96.9 Å². The Kier molecular flexibility index (Phi) is 2.82.